The largest absolute Gasteiger partial charge is 0.352 e. The second-order valence-electron chi connectivity index (χ2n) is 6.74. The number of amides is 2. The van der Waals surface area contributed by atoms with Crippen LogP contribution in [0.15, 0.2) is 29.1 Å². The Hall–Kier alpha value is -2.22. The van der Waals surface area contributed by atoms with E-state index in [2.05, 4.69) is 10.4 Å². The van der Waals surface area contributed by atoms with Crippen molar-refractivity contribution in [1.29, 1.82) is 0 Å². The number of carbonyl (C=O) groups is 2. The number of aromatic nitrogens is 2. The van der Waals surface area contributed by atoms with E-state index >= 15 is 0 Å². The lowest BCUT2D eigenvalue weighted by atomic mass is 10.1. The maximum Gasteiger partial charge on any atom is 0.260 e. The van der Waals surface area contributed by atoms with Gasteiger partial charge in [-0.05, 0) is 30.4 Å². The zero-order valence-corrected chi connectivity index (χ0v) is 14.5. The third-order valence-electron chi connectivity index (χ3n) is 4.76. The second kappa shape index (κ2) is 6.25. The highest BCUT2D eigenvalue weighted by atomic mass is 32.1. The quantitative estimate of drug-likeness (QED) is 0.902. The van der Waals surface area contributed by atoms with Crippen LogP contribution in [0.2, 0.25) is 0 Å². The lowest BCUT2D eigenvalue weighted by molar-refractivity contribution is -0.139. The zero-order chi connectivity index (χ0) is 17.4. The first kappa shape index (κ1) is 16.3. The molecular weight excluding hydrogens is 343 g/mol. The molecule has 0 bridgehead atoms. The highest BCUT2D eigenvalue weighted by Gasteiger charge is 2.53. The van der Waals surface area contributed by atoms with E-state index in [1.807, 2.05) is 16.1 Å². The lowest BCUT2D eigenvalue weighted by Gasteiger charge is -2.25. The summed E-state index contributed by atoms with van der Waals surface area (Å²) in [6.07, 6.45) is 2.30. The lowest BCUT2D eigenvalue weighted by Crippen LogP contribution is -2.42. The van der Waals surface area contributed by atoms with Gasteiger partial charge in [-0.25, -0.2) is 4.39 Å². The molecule has 0 saturated heterocycles. The molecule has 1 fully saturated rings. The molecule has 4 rings (SSSR count). The first-order chi connectivity index (χ1) is 12.0. The minimum atomic E-state index is -1.68. The van der Waals surface area contributed by atoms with Crippen LogP contribution in [0, 0.1) is 5.92 Å². The number of fused-ring (bicyclic) bond motifs is 1. The van der Waals surface area contributed by atoms with E-state index in [1.54, 1.807) is 22.5 Å². The van der Waals surface area contributed by atoms with Gasteiger partial charge in [-0.2, -0.15) is 16.4 Å². The van der Waals surface area contributed by atoms with Gasteiger partial charge in [0.05, 0.1) is 12.2 Å². The predicted octanol–water partition coefficient (Wildman–Crippen LogP) is 1.84. The van der Waals surface area contributed by atoms with Crippen molar-refractivity contribution in [2.24, 2.45) is 5.92 Å². The van der Waals surface area contributed by atoms with E-state index < -0.39 is 11.6 Å². The molecule has 2 aromatic rings. The number of alkyl halides is 1. The molecule has 2 amide bonds. The summed E-state index contributed by atoms with van der Waals surface area (Å²) in [6.45, 7) is 1.78. The fourth-order valence-electron chi connectivity index (χ4n) is 3.16. The molecule has 1 atom stereocenters. The van der Waals surface area contributed by atoms with Crippen molar-refractivity contribution < 1.29 is 14.0 Å². The predicted molar refractivity (Wildman–Crippen MR) is 90.9 cm³/mol. The molecule has 8 heteroatoms. The molecule has 1 N–H and O–H groups in total. The Labute approximate surface area is 148 Å². The number of nitrogens with zero attached hydrogens (tertiary/aromatic N) is 3. The normalized spacial score (nSPS) is 21.3. The summed E-state index contributed by atoms with van der Waals surface area (Å²) in [6, 6.07) is 3.62. The van der Waals surface area contributed by atoms with E-state index in [0.717, 1.165) is 5.69 Å². The van der Waals surface area contributed by atoms with Crippen molar-refractivity contribution in [1.82, 2.24) is 20.0 Å². The Morgan fingerprint density at radius 3 is 2.92 bits per heavy atom. The molecule has 0 aromatic carbocycles. The monoisotopic (exact) mass is 362 g/mol. The maximum absolute atomic E-state index is 14.3. The minimum Gasteiger partial charge on any atom is -0.352 e. The van der Waals surface area contributed by atoms with Gasteiger partial charge in [-0.1, -0.05) is 0 Å². The van der Waals surface area contributed by atoms with Crippen LogP contribution in [0.5, 0.6) is 0 Å². The van der Waals surface area contributed by atoms with Gasteiger partial charge < -0.3 is 10.2 Å². The van der Waals surface area contributed by atoms with Gasteiger partial charge in [0.15, 0.2) is 5.67 Å². The molecule has 6 nitrogen and oxygen atoms in total. The van der Waals surface area contributed by atoms with E-state index in [4.69, 9.17) is 0 Å². The van der Waals surface area contributed by atoms with Gasteiger partial charge >= 0.3 is 0 Å². The van der Waals surface area contributed by atoms with Crippen molar-refractivity contribution in [2.45, 2.75) is 31.6 Å². The first-order valence-electron chi connectivity index (χ1n) is 8.34. The number of hydrogen-bond donors (Lipinski definition) is 1. The fourth-order valence-corrected chi connectivity index (χ4v) is 3.79. The van der Waals surface area contributed by atoms with Gasteiger partial charge in [0.2, 0.25) is 0 Å². The third kappa shape index (κ3) is 3.30. The van der Waals surface area contributed by atoms with Crippen LogP contribution in [0.3, 0.4) is 0 Å². The van der Waals surface area contributed by atoms with Gasteiger partial charge in [0.25, 0.3) is 11.8 Å². The first-order valence-corrected chi connectivity index (χ1v) is 9.29. The van der Waals surface area contributed by atoms with Gasteiger partial charge in [0.1, 0.15) is 0 Å². The number of thiophene rings is 1. The van der Waals surface area contributed by atoms with E-state index in [9.17, 15) is 14.0 Å². The Kier molecular flexibility index (Phi) is 4.07. The van der Waals surface area contributed by atoms with Gasteiger partial charge in [-0.3, -0.25) is 14.3 Å². The summed E-state index contributed by atoms with van der Waals surface area (Å²) in [5.74, 6) is -0.584. The van der Waals surface area contributed by atoms with Crippen LogP contribution in [-0.2, 0) is 17.9 Å². The number of rotatable bonds is 4. The van der Waals surface area contributed by atoms with Crippen LogP contribution in [0.4, 0.5) is 4.39 Å². The number of hydrogen-bond acceptors (Lipinski definition) is 4. The number of nitrogens with one attached hydrogen (secondary N) is 1. The summed E-state index contributed by atoms with van der Waals surface area (Å²) in [5, 5.41) is 10.9. The van der Waals surface area contributed by atoms with Crippen molar-refractivity contribution >= 4 is 23.2 Å². The fraction of sp³-hybridized carbons (Fsp3) is 0.471. The van der Waals surface area contributed by atoms with Crippen LogP contribution in [-0.4, -0.2) is 45.3 Å². The molecule has 0 radical (unpaired) electrons. The van der Waals surface area contributed by atoms with Crippen LogP contribution in [0.1, 0.15) is 28.9 Å². The molecule has 25 heavy (non-hydrogen) atoms. The average molecular weight is 362 g/mol. The Morgan fingerprint density at radius 1 is 1.36 bits per heavy atom. The summed E-state index contributed by atoms with van der Waals surface area (Å²) >= 11 is 1.47. The van der Waals surface area contributed by atoms with E-state index in [-0.39, 0.29) is 11.8 Å². The average Bonchev–Trinajstić information content (AvgIpc) is 3.01. The Balaban J connectivity index is 1.47. The molecular formula is C17H19FN4O2S. The van der Waals surface area contributed by atoms with E-state index in [1.165, 1.54) is 11.3 Å². The standard InChI is InChI=1S/C17H19FN4O2S/c18-17(3-4-17)16(24)21-8-12(9-22-14(10-21)1-5-20-22)7-19-15(23)13-2-6-25-11-13/h1-2,5-6,11-12H,3-4,7-10H2,(H,19,23)/t12-/m1/s1. The topological polar surface area (TPSA) is 67.2 Å². The van der Waals surface area contributed by atoms with Crippen molar-refractivity contribution in [2.75, 3.05) is 13.1 Å². The second-order valence-corrected chi connectivity index (χ2v) is 7.52. The zero-order valence-electron chi connectivity index (χ0n) is 13.7. The Bertz CT molecular complexity index is 784. The van der Waals surface area contributed by atoms with Gasteiger partial charge in [-0.15, -0.1) is 0 Å². The molecule has 3 heterocycles. The SMILES string of the molecule is O=C(NC[C@@H]1CN(C(=O)C2(F)CC2)Cc2ccnn2C1)c1ccsc1. The van der Waals surface area contributed by atoms with Crippen molar-refractivity contribution in [3.63, 3.8) is 0 Å². The molecule has 1 saturated carbocycles. The molecule has 1 aliphatic heterocycles. The highest BCUT2D eigenvalue weighted by molar-refractivity contribution is 7.08. The third-order valence-corrected chi connectivity index (χ3v) is 5.44. The number of halogens is 1. The maximum atomic E-state index is 14.3. The number of carbonyl (C=O) groups excluding carboxylic acids is 2. The molecule has 0 spiro atoms. The smallest absolute Gasteiger partial charge is 0.260 e. The van der Waals surface area contributed by atoms with Crippen LogP contribution < -0.4 is 5.32 Å². The van der Waals surface area contributed by atoms with Crippen LogP contribution >= 0.6 is 11.3 Å². The molecule has 2 aliphatic rings. The van der Waals surface area contributed by atoms with Crippen molar-refractivity contribution in [3.8, 4) is 0 Å². The van der Waals surface area contributed by atoms with E-state index in [0.29, 0.717) is 44.6 Å². The Morgan fingerprint density at radius 2 is 2.20 bits per heavy atom. The van der Waals surface area contributed by atoms with Gasteiger partial charge in [0, 0.05) is 42.7 Å². The summed E-state index contributed by atoms with van der Waals surface area (Å²) in [7, 11) is 0. The minimum absolute atomic E-state index is 0.0185. The molecule has 2 aromatic heterocycles. The van der Waals surface area contributed by atoms with Crippen molar-refractivity contribution in [3.05, 3.63) is 40.3 Å². The highest BCUT2D eigenvalue weighted by Crippen LogP contribution is 2.42. The molecule has 1 aliphatic carbocycles. The summed E-state index contributed by atoms with van der Waals surface area (Å²) in [5.41, 5.74) is -0.157. The summed E-state index contributed by atoms with van der Waals surface area (Å²) < 4.78 is 16.1. The van der Waals surface area contributed by atoms with Crippen LogP contribution in [0.25, 0.3) is 0 Å². The molecule has 132 valence electrons. The molecule has 0 unspecified atom stereocenters. The summed E-state index contributed by atoms with van der Waals surface area (Å²) in [4.78, 5) is 26.2.